The van der Waals surface area contributed by atoms with Crippen molar-refractivity contribution in [3.63, 3.8) is 0 Å². The molecule has 2 heterocycles. The van der Waals surface area contributed by atoms with E-state index in [1.807, 2.05) is 0 Å². The first-order chi connectivity index (χ1) is 14.3. The van der Waals surface area contributed by atoms with Crippen LogP contribution in [-0.4, -0.2) is 37.3 Å². The molecule has 6 heteroatoms. The molecular formula is C14H25BN2O2S. The van der Waals surface area contributed by atoms with Crippen molar-refractivity contribution in [2.24, 2.45) is 0 Å². The highest BCUT2D eigenvalue weighted by Crippen LogP contribution is 2.38. The zero-order valence-corrected chi connectivity index (χ0v) is 12.5. The molecule has 0 N–H and O–H groups in total. The zero-order chi connectivity index (χ0) is 26.2. The first-order valence-corrected chi connectivity index (χ1v) is 6.76. The number of nitrogens with zero attached hydrogens (tertiary/aromatic N) is 2. The standard InChI is InChI=1S/C14H25BN2O2S/c1-9(2)10-11(20-12(16-10)17(7)8)15-18-13(3,4)14(5,6)19-15/h9H,1-8H3/i1D3,2D3,7D3,8D3,9D. The Hall–Kier alpha value is -0.585. The van der Waals surface area contributed by atoms with Crippen LogP contribution in [0.15, 0.2) is 0 Å². The minimum atomic E-state index is -3.45. The lowest BCUT2D eigenvalue weighted by Crippen LogP contribution is -2.41. The van der Waals surface area contributed by atoms with E-state index in [-0.39, 0.29) is 9.68 Å². The van der Waals surface area contributed by atoms with E-state index in [0.29, 0.717) is 11.3 Å². The molecule has 0 amide bonds. The number of hydrogen-bond acceptors (Lipinski definition) is 5. The van der Waals surface area contributed by atoms with Crippen molar-refractivity contribution < 1.29 is 27.1 Å². The fraction of sp³-hybridized carbons (Fsp3) is 0.786. The minimum absolute atomic E-state index is 0.00234. The van der Waals surface area contributed by atoms with E-state index in [1.165, 1.54) is 0 Å². The molecule has 20 heavy (non-hydrogen) atoms. The van der Waals surface area contributed by atoms with Crippen molar-refractivity contribution in [2.45, 2.75) is 58.5 Å². The summed E-state index contributed by atoms with van der Waals surface area (Å²) in [6.45, 7) is -6.68. The van der Waals surface area contributed by atoms with E-state index >= 15 is 0 Å². The summed E-state index contributed by atoms with van der Waals surface area (Å²) in [6, 6.07) is 0. The molecule has 0 aromatic carbocycles. The molecule has 0 bridgehead atoms. The molecule has 0 spiro atoms. The Morgan fingerprint density at radius 2 is 1.85 bits per heavy atom. The van der Waals surface area contributed by atoms with Gasteiger partial charge in [-0.05, 0) is 33.6 Å². The highest BCUT2D eigenvalue weighted by atomic mass is 32.1. The second-order valence-electron chi connectivity index (χ2n) is 5.51. The molecule has 1 aromatic rings. The molecule has 4 nitrogen and oxygen atoms in total. The van der Waals surface area contributed by atoms with Crippen LogP contribution in [-0.2, 0) is 9.31 Å². The van der Waals surface area contributed by atoms with E-state index in [0.717, 1.165) is 0 Å². The van der Waals surface area contributed by atoms with E-state index in [2.05, 4.69) is 4.98 Å². The number of hydrogen-bond donors (Lipinski definition) is 0. The lowest BCUT2D eigenvalue weighted by molar-refractivity contribution is 0.00578. The predicted octanol–water partition coefficient (Wildman–Crippen LogP) is 2.63. The quantitative estimate of drug-likeness (QED) is 0.804. The number of thiazole rings is 1. The molecule has 1 aliphatic heterocycles. The largest absolute Gasteiger partial charge is 0.507 e. The second-order valence-corrected chi connectivity index (χ2v) is 6.52. The van der Waals surface area contributed by atoms with Crippen LogP contribution in [0.5, 0.6) is 0 Å². The van der Waals surface area contributed by atoms with Crippen LogP contribution in [0.2, 0.25) is 0 Å². The van der Waals surface area contributed by atoms with Crippen molar-refractivity contribution in [3.8, 4) is 0 Å². The molecule has 0 saturated carbocycles. The Bertz CT molecular complexity index is 844. The van der Waals surface area contributed by atoms with Gasteiger partial charge >= 0.3 is 7.12 Å². The highest BCUT2D eigenvalue weighted by molar-refractivity contribution is 7.25. The summed E-state index contributed by atoms with van der Waals surface area (Å²) < 4.78 is 113. The minimum Gasteiger partial charge on any atom is -0.399 e. The van der Waals surface area contributed by atoms with Gasteiger partial charge in [-0.2, -0.15) is 0 Å². The molecule has 0 radical (unpaired) electrons. The van der Waals surface area contributed by atoms with Crippen LogP contribution >= 0.6 is 11.3 Å². The maximum atomic E-state index is 8.54. The maximum absolute atomic E-state index is 8.54. The average molecular weight is 309 g/mol. The van der Waals surface area contributed by atoms with Gasteiger partial charge in [-0.1, -0.05) is 13.7 Å². The fourth-order valence-electron chi connectivity index (χ4n) is 1.70. The smallest absolute Gasteiger partial charge is 0.399 e. The van der Waals surface area contributed by atoms with E-state index in [9.17, 15) is 0 Å². The summed E-state index contributed by atoms with van der Waals surface area (Å²) in [5.41, 5.74) is -2.77. The van der Waals surface area contributed by atoms with E-state index in [4.69, 9.17) is 27.1 Å². The topological polar surface area (TPSA) is 34.6 Å². The van der Waals surface area contributed by atoms with Gasteiger partial charge < -0.3 is 14.2 Å². The molecular weight excluding hydrogens is 271 g/mol. The van der Waals surface area contributed by atoms with E-state index < -0.39 is 62.7 Å². The van der Waals surface area contributed by atoms with Gasteiger partial charge in [-0.3, -0.25) is 0 Å². The third kappa shape index (κ3) is 2.61. The average Bonchev–Trinajstić information content (AvgIpc) is 3.00. The summed E-state index contributed by atoms with van der Waals surface area (Å²) in [5, 5.41) is -0.708. The summed E-state index contributed by atoms with van der Waals surface area (Å²) in [6.07, 6.45) is 0. The van der Waals surface area contributed by atoms with Crippen LogP contribution in [0.1, 0.15) is 70.8 Å². The first-order valence-electron chi connectivity index (χ1n) is 12.4. The van der Waals surface area contributed by atoms with Crippen molar-refractivity contribution in [1.82, 2.24) is 4.98 Å². The molecule has 1 aromatic heterocycles. The Morgan fingerprint density at radius 3 is 2.35 bits per heavy atom. The van der Waals surface area contributed by atoms with Crippen LogP contribution in [0.4, 0.5) is 5.13 Å². The van der Waals surface area contributed by atoms with E-state index in [1.54, 1.807) is 27.7 Å². The molecule has 0 aliphatic carbocycles. The second kappa shape index (κ2) is 5.00. The van der Waals surface area contributed by atoms with Gasteiger partial charge in [0.2, 0.25) is 0 Å². The van der Waals surface area contributed by atoms with Crippen molar-refractivity contribution in [2.75, 3.05) is 18.9 Å². The van der Waals surface area contributed by atoms with Crippen LogP contribution in [0.25, 0.3) is 0 Å². The highest BCUT2D eigenvalue weighted by Gasteiger charge is 2.53. The number of anilines is 1. The van der Waals surface area contributed by atoms with Crippen molar-refractivity contribution in [1.29, 1.82) is 0 Å². The maximum Gasteiger partial charge on any atom is 0.507 e. The molecule has 1 fully saturated rings. The molecule has 112 valence electrons. The third-order valence-corrected chi connectivity index (χ3v) is 4.60. The Balaban J connectivity index is 2.89. The molecule has 1 aliphatic rings. The SMILES string of the molecule is [2H]C([2H])([2H])N(c1nc(C([2H])(C([2H])([2H])[2H])C([2H])([2H])[2H])c(B2OC(C)(C)C(C)(C)O2)s1)C([2H])([2H])[2H]. The predicted molar refractivity (Wildman–Crippen MR) is 86.2 cm³/mol. The van der Waals surface area contributed by atoms with Gasteiger partial charge in [-0.25, -0.2) is 4.98 Å². The molecule has 2 rings (SSSR count). The van der Waals surface area contributed by atoms with Gasteiger partial charge in [0.05, 0.1) is 21.7 Å². The molecule has 1 saturated heterocycles. The summed E-state index contributed by atoms with van der Waals surface area (Å²) in [7, 11) is -1.42. The lowest BCUT2D eigenvalue weighted by atomic mass is 9.84. The van der Waals surface area contributed by atoms with Gasteiger partial charge in [-0.15, -0.1) is 11.3 Å². The normalized spacial score (nSPS) is 33.4. The molecule has 0 unspecified atom stereocenters. The van der Waals surface area contributed by atoms with Crippen LogP contribution in [0, 0.1) is 0 Å². The monoisotopic (exact) mass is 309 g/mol. The summed E-state index contributed by atoms with van der Waals surface area (Å²) in [4.78, 5) is 3.85. The number of aromatic nitrogens is 1. The zero-order valence-electron chi connectivity index (χ0n) is 24.7. The van der Waals surface area contributed by atoms with Gasteiger partial charge in [0, 0.05) is 31.8 Å². The number of rotatable bonds is 3. The van der Waals surface area contributed by atoms with Gasteiger partial charge in [0.1, 0.15) is 0 Å². The lowest BCUT2D eigenvalue weighted by Gasteiger charge is -2.32. The Morgan fingerprint density at radius 1 is 1.25 bits per heavy atom. The first kappa shape index (κ1) is 5.90. The molecule has 0 atom stereocenters. The van der Waals surface area contributed by atoms with Crippen LogP contribution < -0.4 is 9.68 Å². The Kier molecular flexibility index (Phi) is 1.47. The summed E-state index contributed by atoms with van der Waals surface area (Å²) >= 11 is 0.404. The Labute approximate surface area is 144 Å². The van der Waals surface area contributed by atoms with Gasteiger partial charge in [0.25, 0.3) is 0 Å². The van der Waals surface area contributed by atoms with Crippen molar-refractivity contribution in [3.05, 3.63) is 5.69 Å². The fourth-order valence-corrected chi connectivity index (χ4v) is 2.57. The van der Waals surface area contributed by atoms with Crippen molar-refractivity contribution >= 4 is 28.4 Å². The van der Waals surface area contributed by atoms with Gasteiger partial charge in [0.15, 0.2) is 5.13 Å². The van der Waals surface area contributed by atoms with Crippen LogP contribution in [0.3, 0.4) is 0 Å². The third-order valence-electron chi connectivity index (χ3n) is 3.54. The summed E-state index contributed by atoms with van der Waals surface area (Å²) in [5.74, 6) is -3.33.